The average Bonchev–Trinajstić information content (AvgIpc) is 2.69. The molecule has 0 aromatic heterocycles. The van der Waals surface area contributed by atoms with E-state index in [9.17, 15) is 9.18 Å². The first kappa shape index (κ1) is 19.3. The van der Waals surface area contributed by atoms with Crippen molar-refractivity contribution < 1.29 is 13.9 Å². The van der Waals surface area contributed by atoms with Crippen LogP contribution in [0.25, 0.3) is 0 Å². The molecule has 0 bridgehead atoms. The molecule has 1 aliphatic rings. The van der Waals surface area contributed by atoms with Crippen molar-refractivity contribution >= 4 is 15.5 Å². The maximum atomic E-state index is 13.6. The van der Waals surface area contributed by atoms with Crippen molar-refractivity contribution in [2.45, 2.75) is 50.1 Å². The largest absolute Gasteiger partial charge is 0.423 e. The standard InChI is InChI=1S/C22H24FNO2Si/c1-2-27-20-11-8-16(9-12-20)15-3-5-17(6-4-15)22(25)26-19-10-7-18(14-24)21(23)13-19/h3-7,10,13,16,20H,2,8-9,11-12,27H2,1H3/t16-,20-. The van der Waals surface area contributed by atoms with Crippen molar-refractivity contribution in [1.82, 2.24) is 0 Å². The zero-order valence-electron chi connectivity index (χ0n) is 15.6. The van der Waals surface area contributed by atoms with Crippen LogP contribution in [0.2, 0.25) is 11.6 Å². The SMILES string of the molecule is CC[SiH2][C@H]1CC[C@H](c2ccc(C(=O)Oc3ccc(C#N)c(F)c3)cc2)CC1. The molecule has 0 amide bonds. The number of rotatable bonds is 5. The van der Waals surface area contributed by atoms with Crippen molar-refractivity contribution in [3.8, 4) is 11.8 Å². The predicted molar refractivity (Wildman–Crippen MR) is 106 cm³/mol. The minimum absolute atomic E-state index is 0.0736. The molecule has 1 aliphatic carbocycles. The molecule has 0 N–H and O–H groups in total. The van der Waals surface area contributed by atoms with Crippen LogP contribution in [0.15, 0.2) is 42.5 Å². The molecule has 0 saturated heterocycles. The van der Waals surface area contributed by atoms with Crippen molar-refractivity contribution in [3.63, 3.8) is 0 Å². The molecule has 0 radical (unpaired) electrons. The van der Waals surface area contributed by atoms with Crippen LogP contribution in [0.4, 0.5) is 4.39 Å². The maximum absolute atomic E-state index is 13.6. The number of carbonyl (C=O) groups excluding carboxylic acids is 1. The summed E-state index contributed by atoms with van der Waals surface area (Å²) in [6, 6.07) is 14.5. The van der Waals surface area contributed by atoms with Gasteiger partial charge in [-0.1, -0.05) is 43.5 Å². The number of ether oxygens (including phenoxy) is 1. The molecular weight excluding hydrogens is 357 g/mol. The summed E-state index contributed by atoms with van der Waals surface area (Å²) in [4.78, 5) is 12.3. The van der Waals surface area contributed by atoms with Crippen LogP contribution in [0, 0.1) is 17.1 Å². The molecular formula is C22H24FNO2Si. The Morgan fingerprint density at radius 3 is 2.48 bits per heavy atom. The van der Waals surface area contributed by atoms with Gasteiger partial charge in [0.1, 0.15) is 17.6 Å². The van der Waals surface area contributed by atoms with E-state index in [1.807, 2.05) is 12.1 Å². The van der Waals surface area contributed by atoms with Crippen LogP contribution in [0.5, 0.6) is 5.75 Å². The highest BCUT2D eigenvalue weighted by Gasteiger charge is 2.22. The lowest BCUT2D eigenvalue weighted by molar-refractivity contribution is 0.0734. The van der Waals surface area contributed by atoms with Crippen molar-refractivity contribution in [3.05, 3.63) is 65.0 Å². The Bertz CT molecular complexity index is 836. The summed E-state index contributed by atoms with van der Waals surface area (Å²) in [6.07, 6.45) is 5.18. The summed E-state index contributed by atoms with van der Waals surface area (Å²) in [5, 5.41) is 8.75. The molecule has 1 fully saturated rings. The highest BCUT2D eigenvalue weighted by molar-refractivity contribution is 6.37. The number of nitriles is 1. The topological polar surface area (TPSA) is 50.1 Å². The minimum atomic E-state index is -0.695. The second-order valence-electron chi connectivity index (χ2n) is 7.27. The molecule has 0 atom stereocenters. The molecule has 3 rings (SSSR count). The third kappa shape index (κ3) is 4.84. The quantitative estimate of drug-likeness (QED) is 0.417. The van der Waals surface area contributed by atoms with Crippen LogP contribution in [-0.2, 0) is 0 Å². The first-order valence-corrected chi connectivity index (χ1v) is 11.4. The van der Waals surface area contributed by atoms with Gasteiger partial charge in [0.2, 0.25) is 0 Å². The maximum Gasteiger partial charge on any atom is 0.343 e. The van der Waals surface area contributed by atoms with E-state index < -0.39 is 11.8 Å². The zero-order valence-corrected chi connectivity index (χ0v) is 17.0. The lowest BCUT2D eigenvalue weighted by Gasteiger charge is -2.28. The van der Waals surface area contributed by atoms with E-state index >= 15 is 0 Å². The van der Waals surface area contributed by atoms with Gasteiger partial charge in [-0.05, 0) is 48.6 Å². The Morgan fingerprint density at radius 1 is 1.19 bits per heavy atom. The van der Waals surface area contributed by atoms with Crippen molar-refractivity contribution in [2.24, 2.45) is 0 Å². The second-order valence-corrected chi connectivity index (χ2v) is 10.0. The summed E-state index contributed by atoms with van der Waals surface area (Å²) in [7, 11) is 0.114. The highest BCUT2D eigenvalue weighted by Crippen LogP contribution is 2.38. The fourth-order valence-corrected chi connectivity index (χ4v) is 5.77. The van der Waals surface area contributed by atoms with Crippen LogP contribution in [-0.4, -0.2) is 15.5 Å². The number of carbonyl (C=O) groups is 1. The molecule has 0 spiro atoms. The monoisotopic (exact) mass is 381 g/mol. The van der Waals surface area contributed by atoms with Gasteiger partial charge in [0.25, 0.3) is 0 Å². The summed E-state index contributed by atoms with van der Waals surface area (Å²) in [5.41, 5.74) is 2.66. The molecule has 1 saturated carbocycles. The molecule has 3 nitrogen and oxygen atoms in total. The summed E-state index contributed by atoms with van der Waals surface area (Å²) in [6.45, 7) is 2.31. The van der Waals surface area contributed by atoms with E-state index in [-0.39, 0.29) is 20.8 Å². The molecule has 0 heterocycles. The van der Waals surface area contributed by atoms with Gasteiger partial charge in [-0.15, -0.1) is 0 Å². The molecule has 2 aromatic rings. The number of halogens is 1. The van der Waals surface area contributed by atoms with E-state index in [0.717, 1.165) is 11.6 Å². The number of esters is 1. The van der Waals surface area contributed by atoms with Crippen LogP contribution in [0.1, 0.15) is 60.0 Å². The first-order chi connectivity index (χ1) is 13.1. The molecule has 140 valence electrons. The predicted octanol–water partition coefficient (Wildman–Crippen LogP) is 4.97. The fraction of sp³-hybridized carbons (Fsp3) is 0.364. The van der Waals surface area contributed by atoms with E-state index in [4.69, 9.17) is 10.00 Å². The normalized spacial score (nSPS) is 19.7. The molecule has 2 aromatic carbocycles. The highest BCUT2D eigenvalue weighted by atomic mass is 28.2. The molecule has 27 heavy (non-hydrogen) atoms. The second kappa shape index (κ2) is 8.96. The van der Waals surface area contributed by atoms with E-state index in [1.165, 1.54) is 49.4 Å². The van der Waals surface area contributed by atoms with Gasteiger partial charge >= 0.3 is 5.97 Å². The van der Waals surface area contributed by atoms with Crippen LogP contribution >= 0.6 is 0 Å². The van der Waals surface area contributed by atoms with Gasteiger partial charge in [-0.25, -0.2) is 9.18 Å². The van der Waals surface area contributed by atoms with Gasteiger partial charge in [0.15, 0.2) is 0 Å². The molecule has 0 unspecified atom stereocenters. The van der Waals surface area contributed by atoms with Crippen LogP contribution < -0.4 is 4.74 Å². The lowest BCUT2D eigenvalue weighted by Crippen LogP contribution is -2.14. The molecule has 0 aliphatic heterocycles. The minimum Gasteiger partial charge on any atom is -0.423 e. The third-order valence-electron chi connectivity index (χ3n) is 5.43. The van der Waals surface area contributed by atoms with E-state index in [2.05, 4.69) is 6.92 Å². The Kier molecular flexibility index (Phi) is 6.41. The van der Waals surface area contributed by atoms with Gasteiger partial charge < -0.3 is 4.74 Å². The van der Waals surface area contributed by atoms with E-state index in [1.54, 1.807) is 18.2 Å². The Hall–Kier alpha value is -2.45. The smallest absolute Gasteiger partial charge is 0.343 e. The van der Waals surface area contributed by atoms with Crippen LogP contribution in [0.3, 0.4) is 0 Å². The van der Waals surface area contributed by atoms with Crippen molar-refractivity contribution in [1.29, 1.82) is 5.26 Å². The Balaban J connectivity index is 1.61. The lowest BCUT2D eigenvalue weighted by atomic mass is 9.83. The zero-order chi connectivity index (χ0) is 19.2. The average molecular weight is 382 g/mol. The molecule has 5 heteroatoms. The fourth-order valence-electron chi connectivity index (χ4n) is 3.90. The van der Waals surface area contributed by atoms with Gasteiger partial charge in [-0.2, -0.15) is 5.26 Å². The number of hydrogen-bond acceptors (Lipinski definition) is 3. The summed E-state index contributed by atoms with van der Waals surface area (Å²) < 4.78 is 18.8. The van der Waals surface area contributed by atoms with Gasteiger partial charge in [0.05, 0.1) is 11.1 Å². The Morgan fingerprint density at radius 2 is 1.89 bits per heavy atom. The first-order valence-electron chi connectivity index (χ1n) is 9.62. The number of hydrogen-bond donors (Lipinski definition) is 0. The van der Waals surface area contributed by atoms with Gasteiger partial charge in [-0.3, -0.25) is 0 Å². The summed E-state index contributed by atoms with van der Waals surface area (Å²) >= 11 is 0. The Labute approximate surface area is 162 Å². The number of nitrogens with zero attached hydrogens (tertiary/aromatic N) is 1. The van der Waals surface area contributed by atoms with E-state index in [0.29, 0.717) is 11.5 Å². The van der Waals surface area contributed by atoms with Crippen molar-refractivity contribution in [2.75, 3.05) is 0 Å². The number of benzene rings is 2. The summed E-state index contributed by atoms with van der Waals surface area (Å²) in [5.74, 6) is -0.535. The van der Waals surface area contributed by atoms with Gasteiger partial charge in [0, 0.05) is 15.6 Å². The third-order valence-corrected chi connectivity index (χ3v) is 7.64.